The monoisotopic (exact) mass is 329 g/mol. The highest BCUT2D eigenvalue weighted by Crippen LogP contribution is 2.16. The van der Waals surface area contributed by atoms with E-state index in [1.54, 1.807) is 0 Å². The van der Waals surface area contributed by atoms with E-state index in [4.69, 9.17) is 4.74 Å². The fourth-order valence-electron chi connectivity index (χ4n) is 1.57. The molecule has 0 spiro atoms. The summed E-state index contributed by atoms with van der Waals surface area (Å²) in [5, 5.41) is 12.4. The van der Waals surface area contributed by atoms with Crippen LogP contribution < -0.4 is 5.32 Å². The van der Waals surface area contributed by atoms with Crippen molar-refractivity contribution in [2.24, 2.45) is 0 Å². The van der Waals surface area contributed by atoms with Crippen LogP contribution in [0.15, 0.2) is 28.7 Å². The average Bonchev–Trinajstić information content (AvgIpc) is 2.29. The molecule has 4 nitrogen and oxygen atoms in total. The maximum absolute atomic E-state index is 11.6. The number of hydrogen-bond donors (Lipinski definition) is 2. The van der Waals surface area contributed by atoms with E-state index in [1.165, 1.54) is 0 Å². The predicted octanol–water partition coefficient (Wildman–Crippen LogP) is 2.41. The summed E-state index contributed by atoms with van der Waals surface area (Å²) in [6.07, 6.45) is 0. The Bertz CT molecular complexity index is 412. The van der Waals surface area contributed by atoms with Crippen LogP contribution in [0.25, 0.3) is 0 Å². The van der Waals surface area contributed by atoms with Crippen molar-refractivity contribution in [1.29, 1.82) is 0 Å². The molecule has 0 bridgehead atoms. The Morgan fingerprint density at radius 2 is 1.95 bits per heavy atom. The van der Waals surface area contributed by atoms with E-state index in [2.05, 4.69) is 21.2 Å². The van der Waals surface area contributed by atoms with Crippen molar-refractivity contribution in [2.45, 2.75) is 32.4 Å². The minimum atomic E-state index is -0.495. The second-order valence-corrected chi connectivity index (χ2v) is 6.17. The summed E-state index contributed by atoms with van der Waals surface area (Å²) in [5.41, 5.74) is 0.430. The van der Waals surface area contributed by atoms with Crippen LogP contribution in [0.3, 0.4) is 0 Å². The smallest absolute Gasteiger partial charge is 0.320 e. The van der Waals surface area contributed by atoms with Gasteiger partial charge < -0.3 is 9.84 Å². The standard InChI is InChI=1S/C14H20BrNO3/c1-14(2,3)19-13(18)8-16-12(9-17)10-4-6-11(15)7-5-10/h4-7,12,16-17H,8-9H2,1-3H3/t12-/m1/s1. The summed E-state index contributed by atoms with van der Waals surface area (Å²) in [6.45, 7) is 5.46. The molecule has 1 rings (SSSR count). The van der Waals surface area contributed by atoms with Crippen LogP contribution in [-0.4, -0.2) is 29.8 Å². The number of carbonyl (C=O) groups excluding carboxylic acids is 1. The van der Waals surface area contributed by atoms with Gasteiger partial charge in [-0.2, -0.15) is 0 Å². The molecule has 0 aromatic heterocycles. The zero-order valence-corrected chi connectivity index (χ0v) is 13.0. The highest BCUT2D eigenvalue weighted by molar-refractivity contribution is 9.10. The summed E-state index contributed by atoms with van der Waals surface area (Å²) in [5.74, 6) is -0.330. The van der Waals surface area contributed by atoms with Gasteiger partial charge >= 0.3 is 5.97 Å². The number of aliphatic hydroxyl groups excluding tert-OH is 1. The van der Waals surface area contributed by atoms with Crippen molar-refractivity contribution in [3.8, 4) is 0 Å². The zero-order valence-electron chi connectivity index (χ0n) is 11.4. The molecule has 0 aliphatic carbocycles. The van der Waals surface area contributed by atoms with Gasteiger partial charge in [-0.15, -0.1) is 0 Å². The molecule has 0 heterocycles. The summed E-state index contributed by atoms with van der Waals surface area (Å²) in [4.78, 5) is 11.6. The fourth-order valence-corrected chi connectivity index (χ4v) is 1.83. The number of hydrogen-bond acceptors (Lipinski definition) is 4. The van der Waals surface area contributed by atoms with Crippen LogP contribution in [0.5, 0.6) is 0 Å². The molecule has 2 N–H and O–H groups in total. The Labute approximate surface area is 122 Å². The molecule has 19 heavy (non-hydrogen) atoms. The number of benzene rings is 1. The molecule has 1 aromatic carbocycles. The van der Waals surface area contributed by atoms with Crippen LogP contribution in [0.4, 0.5) is 0 Å². The Morgan fingerprint density at radius 3 is 2.42 bits per heavy atom. The van der Waals surface area contributed by atoms with Crippen LogP contribution in [0.2, 0.25) is 0 Å². The first-order chi connectivity index (χ1) is 8.81. The molecule has 0 aliphatic heterocycles. The van der Waals surface area contributed by atoms with E-state index in [1.807, 2.05) is 45.0 Å². The van der Waals surface area contributed by atoms with Crippen molar-refractivity contribution in [2.75, 3.05) is 13.2 Å². The van der Waals surface area contributed by atoms with Gasteiger partial charge in [0.1, 0.15) is 5.60 Å². The molecular formula is C14H20BrNO3. The molecule has 106 valence electrons. The lowest BCUT2D eigenvalue weighted by Gasteiger charge is -2.21. The van der Waals surface area contributed by atoms with Crippen LogP contribution in [0, 0.1) is 0 Å². The van der Waals surface area contributed by atoms with E-state index in [0.29, 0.717) is 0 Å². The van der Waals surface area contributed by atoms with E-state index in [-0.39, 0.29) is 25.2 Å². The van der Waals surface area contributed by atoms with Crippen molar-refractivity contribution in [3.63, 3.8) is 0 Å². The number of rotatable bonds is 5. The maximum atomic E-state index is 11.6. The molecular weight excluding hydrogens is 310 g/mol. The zero-order chi connectivity index (χ0) is 14.5. The fraction of sp³-hybridized carbons (Fsp3) is 0.500. The van der Waals surface area contributed by atoms with Crippen LogP contribution in [0.1, 0.15) is 32.4 Å². The Balaban J connectivity index is 2.54. The SMILES string of the molecule is CC(C)(C)OC(=O)CN[C@H](CO)c1ccc(Br)cc1. The molecule has 0 saturated carbocycles. The summed E-state index contributed by atoms with van der Waals surface area (Å²) < 4.78 is 6.17. The lowest BCUT2D eigenvalue weighted by molar-refractivity contribution is -0.153. The Hall–Kier alpha value is -0.910. The van der Waals surface area contributed by atoms with Gasteiger partial charge in [-0.05, 0) is 38.5 Å². The van der Waals surface area contributed by atoms with Crippen LogP contribution in [-0.2, 0) is 9.53 Å². The minimum absolute atomic E-state index is 0.0680. The molecule has 0 saturated heterocycles. The largest absolute Gasteiger partial charge is 0.459 e. The normalized spacial score (nSPS) is 13.1. The highest BCUT2D eigenvalue weighted by atomic mass is 79.9. The lowest BCUT2D eigenvalue weighted by Crippen LogP contribution is -2.34. The average molecular weight is 330 g/mol. The molecule has 0 unspecified atom stereocenters. The van der Waals surface area contributed by atoms with Gasteiger partial charge in [0.2, 0.25) is 0 Å². The first-order valence-corrected chi connectivity index (χ1v) is 6.92. The van der Waals surface area contributed by atoms with Gasteiger partial charge in [-0.1, -0.05) is 28.1 Å². The molecule has 5 heteroatoms. The lowest BCUT2D eigenvalue weighted by atomic mass is 10.1. The summed E-state index contributed by atoms with van der Waals surface area (Å²) >= 11 is 3.35. The van der Waals surface area contributed by atoms with Crippen LogP contribution >= 0.6 is 15.9 Å². The molecule has 0 aliphatic rings. The van der Waals surface area contributed by atoms with E-state index >= 15 is 0 Å². The van der Waals surface area contributed by atoms with Gasteiger partial charge in [0.25, 0.3) is 0 Å². The molecule has 0 amide bonds. The first-order valence-electron chi connectivity index (χ1n) is 6.13. The molecule has 0 fully saturated rings. The second kappa shape index (κ2) is 7.03. The van der Waals surface area contributed by atoms with E-state index in [0.717, 1.165) is 10.0 Å². The number of carbonyl (C=O) groups is 1. The highest BCUT2D eigenvalue weighted by Gasteiger charge is 2.17. The van der Waals surface area contributed by atoms with E-state index in [9.17, 15) is 9.90 Å². The van der Waals surface area contributed by atoms with Crippen molar-refractivity contribution in [3.05, 3.63) is 34.3 Å². The third-order valence-electron chi connectivity index (χ3n) is 2.37. The third kappa shape index (κ3) is 6.18. The van der Waals surface area contributed by atoms with Crippen molar-refractivity contribution >= 4 is 21.9 Å². The van der Waals surface area contributed by atoms with Gasteiger partial charge in [0.05, 0.1) is 19.2 Å². The number of nitrogens with one attached hydrogen (secondary N) is 1. The molecule has 0 radical (unpaired) electrons. The minimum Gasteiger partial charge on any atom is -0.459 e. The van der Waals surface area contributed by atoms with Gasteiger partial charge in [0.15, 0.2) is 0 Å². The Morgan fingerprint density at radius 1 is 1.37 bits per heavy atom. The maximum Gasteiger partial charge on any atom is 0.320 e. The van der Waals surface area contributed by atoms with Gasteiger partial charge in [-0.25, -0.2) is 0 Å². The second-order valence-electron chi connectivity index (χ2n) is 5.25. The number of aliphatic hydroxyl groups is 1. The quantitative estimate of drug-likeness (QED) is 0.814. The van der Waals surface area contributed by atoms with E-state index < -0.39 is 5.60 Å². The third-order valence-corrected chi connectivity index (χ3v) is 2.90. The summed E-state index contributed by atoms with van der Waals surface area (Å²) in [7, 11) is 0. The predicted molar refractivity (Wildman–Crippen MR) is 77.8 cm³/mol. The topological polar surface area (TPSA) is 58.6 Å². The van der Waals surface area contributed by atoms with Crippen molar-refractivity contribution < 1.29 is 14.6 Å². The molecule has 1 aromatic rings. The number of esters is 1. The number of ether oxygens (including phenoxy) is 1. The Kier molecular flexibility index (Phi) is 5.97. The van der Waals surface area contributed by atoms with Gasteiger partial charge in [-0.3, -0.25) is 10.1 Å². The molecule has 1 atom stereocenters. The summed E-state index contributed by atoms with van der Waals surface area (Å²) in [6, 6.07) is 7.31. The first kappa shape index (κ1) is 16.1. The number of halogens is 1. The van der Waals surface area contributed by atoms with Gasteiger partial charge in [0, 0.05) is 4.47 Å². The van der Waals surface area contributed by atoms with Crippen molar-refractivity contribution in [1.82, 2.24) is 5.32 Å².